The van der Waals surface area contributed by atoms with Crippen LogP contribution in [0.1, 0.15) is 32.6 Å². The molecule has 174 valence electrons. The average Bonchev–Trinajstić information content (AvgIpc) is 2.87. The molecule has 2 aromatic heterocycles. The van der Waals surface area contributed by atoms with Gasteiger partial charge in [0.05, 0.1) is 16.7 Å². The van der Waals surface area contributed by atoms with Crippen molar-refractivity contribution >= 4 is 34.4 Å². The molecule has 3 aromatic rings. The predicted octanol–water partition coefficient (Wildman–Crippen LogP) is 3.81. The number of unbranched alkanes of at least 4 members (excludes halogenated alkanes) is 3. The second-order valence-corrected chi connectivity index (χ2v) is 9.22. The first kappa shape index (κ1) is 23.3. The minimum atomic E-state index is -0.0176. The molecule has 0 spiro atoms. The lowest BCUT2D eigenvalue weighted by Crippen LogP contribution is -2.49. The molecule has 0 saturated carbocycles. The van der Waals surface area contributed by atoms with Crippen LogP contribution in [-0.2, 0) is 11.3 Å². The zero-order valence-electron chi connectivity index (χ0n) is 19.2. The van der Waals surface area contributed by atoms with Crippen LogP contribution < -0.4 is 10.5 Å². The Hall–Kier alpha value is -2.87. The lowest BCUT2D eigenvalue weighted by atomic mass is 10.2. The van der Waals surface area contributed by atoms with Crippen molar-refractivity contribution in [1.29, 1.82) is 0 Å². The molecule has 4 rings (SSSR count). The summed E-state index contributed by atoms with van der Waals surface area (Å²) in [4.78, 5) is 39.3. The molecule has 0 aliphatic carbocycles. The van der Waals surface area contributed by atoms with Crippen molar-refractivity contribution in [2.75, 3.05) is 36.8 Å². The number of hydrogen-bond donors (Lipinski definition) is 0. The zero-order valence-corrected chi connectivity index (χ0v) is 20.0. The van der Waals surface area contributed by atoms with Crippen molar-refractivity contribution in [3.05, 3.63) is 59.0 Å². The molecule has 1 aliphatic heterocycles. The van der Waals surface area contributed by atoms with E-state index in [0.29, 0.717) is 35.7 Å². The van der Waals surface area contributed by atoms with E-state index in [1.807, 2.05) is 47.4 Å². The molecule has 3 heterocycles. The van der Waals surface area contributed by atoms with Gasteiger partial charge in [0, 0.05) is 38.9 Å². The third kappa shape index (κ3) is 5.74. The number of carbonyl (C=O) groups excluding carboxylic acids is 1. The van der Waals surface area contributed by atoms with E-state index in [2.05, 4.69) is 16.8 Å². The standard InChI is InChI=1S/C25H31N5O2S/c1-2-3-4-9-14-30-24(32)20-10-5-6-11-21(20)27-25(30)33-19-23(31)29-17-15-28(16-18-29)22-12-7-8-13-26-22/h5-8,10-13H,2-4,9,14-19H2,1H3. The van der Waals surface area contributed by atoms with Gasteiger partial charge in [0.1, 0.15) is 5.82 Å². The topological polar surface area (TPSA) is 71.3 Å². The maximum absolute atomic E-state index is 13.1. The van der Waals surface area contributed by atoms with E-state index in [9.17, 15) is 9.59 Å². The van der Waals surface area contributed by atoms with Crippen LogP contribution in [0.4, 0.5) is 5.82 Å². The van der Waals surface area contributed by atoms with E-state index in [0.717, 1.165) is 44.6 Å². The number of thioether (sulfide) groups is 1. The summed E-state index contributed by atoms with van der Waals surface area (Å²) in [5, 5.41) is 1.27. The van der Waals surface area contributed by atoms with Crippen LogP contribution in [0.25, 0.3) is 10.9 Å². The molecular weight excluding hydrogens is 434 g/mol. The van der Waals surface area contributed by atoms with E-state index in [4.69, 9.17) is 4.98 Å². The fourth-order valence-electron chi connectivity index (χ4n) is 4.10. The van der Waals surface area contributed by atoms with Crippen molar-refractivity contribution in [1.82, 2.24) is 19.4 Å². The van der Waals surface area contributed by atoms with Crippen LogP contribution in [0.5, 0.6) is 0 Å². The molecule has 1 saturated heterocycles. The number of pyridine rings is 1. The van der Waals surface area contributed by atoms with E-state index in [-0.39, 0.29) is 17.2 Å². The number of carbonyl (C=O) groups is 1. The first-order chi connectivity index (χ1) is 16.2. The van der Waals surface area contributed by atoms with Gasteiger partial charge in [-0.3, -0.25) is 14.2 Å². The van der Waals surface area contributed by atoms with Crippen molar-refractivity contribution in [2.45, 2.75) is 44.3 Å². The zero-order chi connectivity index (χ0) is 23.0. The number of amides is 1. The van der Waals surface area contributed by atoms with Crippen LogP contribution in [-0.4, -0.2) is 57.3 Å². The number of rotatable bonds is 9. The highest BCUT2D eigenvalue weighted by Gasteiger charge is 2.22. The molecule has 1 amide bonds. The van der Waals surface area contributed by atoms with Crippen LogP contribution in [0.2, 0.25) is 0 Å². The molecule has 1 aliphatic rings. The Bertz CT molecular complexity index is 1130. The quantitative estimate of drug-likeness (QED) is 0.272. The SMILES string of the molecule is CCCCCCn1c(SCC(=O)N2CCN(c3ccccn3)CC2)nc2ccccc2c1=O. The molecule has 0 atom stereocenters. The number of benzene rings is 1. The van der Waals surface area contributed by atoms with Gasteiger partial charge in [-0.05, 0) is 30.7 Å². The number of piperazine rings is 1. The summed E-state index contributed by atoms with van der Waals surface area (Å²) < 4.78 is 1.76. The fraction of sp³-hybridized carbons (Fsp3) is 0.440. The summed E-state index contributed by atoms with van der Waals surface area (Å²) in [7, 11) is 0. The lowest BCUT2D eigenvalue weighted by molar-refractivity contribution is -0.128. The Kier molecular flexibility index (Phi) is 7.99. The number of anilines is 1. The van der Waals surface area contributed by atoms with E-state index in [1.54, 1.807) is 10.8 Å². The second kappa shape index (κ2) is 11.3. The minimum absolute atomic E-state index is 0.0176. The first-order valence-corrected chi connectivity index (χ1v) is 12.7. The van der Waals surface area contributed by atoms with Crippen LogP contribution in [0, 0.1) is 0 Å². The third-order valence-corrected chi connectivity index (χ3v) is 6.95. The van der Waals surface area contributed by atoms with Gasteiger partial charge in [-0.2, -0.15) is 0 Å². The van der Waals surface area contributed by atoms with Crippen LogP contribution >= 0.6 is 11.8 Å². The van der Waals surface area contributed by atoms with Crippen molar-refractivity contribution in [2.24, 2.45) is 0 Å². The van der Waals surface area contributed by atoms with E-state index < -0.39 is 0 Å². The Morgan fingerprint density at radius 3 is 2.55 bits per heavy atom. The van der Waals surface area contributed by atoms with Crippen molar-refractivity contribution in [3.8, 4) is 0 Å². The predicted molar refractivity (Wildman–Crippen MR) is 134 cm³/mol. The highest BCUT2D eigenvalue weighted by atomic mass is 32.2. The minimum Gasteiger partial charge on any atom is -0.353 e. The first-order valence-electron chi connectivity index (χ1n) is 11.7. The van der Waals surface area contributed by atoms with Gasteiger partial charge in [0.15, 0.2) is 5.16 Å². The largest absolute Gasteiger partial charge is 0.353 e. The monoisotopic (exact) mass is 465 g/mol. The molecule has 7 nitrogen and oxygen atoms in total. The third-order valence-electron chi connectivity index (χ3n) is 5.99. The van der Waals surface area contributed by atoms with Crippen molar-refractivity contribution in [3.63, 3.8) is 0 Å². The molecule has 1 aromatic carbocycles. The fourth-order valence-corrected chi connectivity index (χ4v) is 5.02. The summed E-state index contributed by atoms with van der Waals surface area (Å²) in [6, 6.07) is 13.3. The summed E-state index contributed by atoms with van der Waals surface area (Å²) in [5.74, 6) is 1.32. The summed E-state index contributed by atoms with van der Waals surface area (Å²) in [5.41, 5.74) is 0.669. The van der Waals surface area contributed by atoms with Gasteiger partial charge in [0.2, 0.25) is 5.91 Å². The Morgan fingerprint density at radius 2 is 1.79 bits per heavy atom. The van der Waals surface area contributed by atoms with Gasteiger partial charge in [-0.25, -0.2) is 9.97 Å². The van der Waals surface area contributed by atoms with Crippen LogP contribution in [0.3, 0.4) is 0 Å². The summed E-state index contributed by atoms with van der Waals surface area (Å²) in [6.07, 6.45) is 6.11. The summed E-state index contributed by atoms with van der Waals surface area (Å²) in [6.45, 7) is 5.69. The van der Waals surface area contributed by atoms with Crippen LogP contribution in [0.15, 0.2) is 58.6 Å². The van der Waals surface area contributed by atoms with E-state index >= 15 is 0 Å². The van der Waals surface area contributed by atoms with Gasteiger partial charge in [-0.15, -0.1) is 0 Å². The number of nitrogens with zero attached hydrogens (tertiary/aromatic N) is 5. The maximum atomic E-state index is 13.1. The molecule has 33 heavy (non-hydrogen) atoms. The van der Waals surface area contributed by atoms with Crippen molar-refractivity contribution < 1.29 is 4.79 Å². The van der Waals surface area contributed by atoms with Gasteiger partial charge in [-0.1, -0.05) is 56.1 Å². The molecule has 0 N–H and O–H groups in total. The second-order valence-electron chi connectivity index (χ2n) is 8.27. The Morgan fingerprint density at radius 1 is 1.00 bits per heavy atom. The van der Waals surface area contributed by atoms with Gasteiger partial charge >= 0.3 is 0 Å². The molecule has 0 unspecified atom stereocenters. The highest BCUT2D eigenvalue weighted by Crippen LogP contribution is 2.20. The Labute approximate surface area is 198 Å². The highest BCUT2D eigenvalue weighted by molar-refractivity contribution is 7.99. The number of hydrogen-bond acceptors (Lipinski definition) is 6. The Balaban J connectivity index is 1.41. The molecule has 0 bridgehead atoms. The maximum Gasteiger partial charge on any atom is 0.262 e. The molecule has 8 heteroatoms. The number of aromatic nitrogens is 3. The number of para-hydroxylation sites is 1. The molecule has 0 radical (unpaired) electrons. The van der Waals surface area contributed by atoms with Gasteiger partial charge < -0.3 is 9.80 Å². The normalized spacial score (nSPS) is 14.1. The lowest BCUT2D eigenvalue weighted by Gasteiger charge is -2.35. The van der Waals surface area contributed by atoms with Gasteiger partial charge in [0.25, 0.3) is 5.56 Å². The smallest absolute Gasteiger partial charge is 0.262 e. The van der Waals surface area contributed by atoms with E-state index in [1.165, 1.54) is 11.8 Å². The molecular formula is C25H31N5O2S. The molecule has 1 fully saturated rings. The summed E-state index contributed by atoms with van der Waals surface area (Å²) >= 11 is 1.37. The average molecular weight is 466 g/mol. The number of fused-ring (bicyclic) bond motifs is 1.